The van der Waals surface area contributed by atoms with E-state index in [1.807, 2.05) is 4.99 Å². The maximum absolute atomic E-state index is 10.7. The van der Waals surface area contributed by atoms with Crippen molar-refractivity contribution >= 4 is 15.9 Å². The summed E-state index contributed by atoms with van der Waals surface area (Å²) in [5.74, 6) is 0.431. The largest absolute Gasteiger partial charge is 0.390 e. The number of halogens is 1. The first-order valence-corrected chi connectivity index (χ1v) is 7.07. The van der Waals surface area contributed by atoms with E-state index in [4.69, 9.17) is 0 Å². The van der Waals surface area contributed by atoms with E-state index in [-0.39, 0.29) is 5.41 Å². The molecule has 2 saturated carbocycles. The van der Waals surface area contributed by atoms with Crippen LogP contribution in [0.3, 0.4) is 0 Å². The molecule has 2 aliphatic carbocycles. The van der Waals surface area contributed by atoms with E-state index in [2.05, 4.69) is 22.9 Å². The van der Waals surface area contributed by atoms with Crippen LogP contribution in [0.15, 0.2) is 10.6 Å². The van der Waals surface area contributed by atoms with Crippen LogP contribution in [0.5, 0.6) is 0 Å². The number of hydrogen-bond donors (Lipinski definition) is 2. The Morgan fingerprint density at radius 2 is 2.19 bits per heavy atom. The smallest absolute Gasteiger partial charge is 0.0961 e. The molecule has 2 rings (SSSR count). The second kappa shape index (κ2) is 4.11. The van der Waals surface area contributed by atoms with Crippen molar-refractivity contribution in [2.75, 3.05) is 0 Å². The SMILES string of the molecule is C[C@@H](O)[C@@]1(O)CCC2/C(=C/Br)CCC[C@@]21C. The first kappa shape index (κ1) is 12.6. The molecular formula is C13H21BrO2. The van der Waals surface area contributed by atoms with Crippen LogP contribution >= 0.6 is 15.9 Å². The van der Waals surface area contributed by atoms with Gasteiger partial charge >= 0.3 is 0 Å². The van der Waals surface area contributed by atoms with Gasteiger partial charge in [0.1, 0.15) is 0 Å². The van der Waals surface area contributed by atoms with Crippen molar-refractivity contribution in [3.63, 3.8) is 0 Å². The Balaban J connectivity index is 2.38. The molecule has 2 nitrogen and oxygen atoms in total. The number of fused-ring (bicyclic) bond motifs is 1. The lowest BCUT2D eigenvalue weighted by Crippen LogP contribution is -2.53. The topological polar surface area (TPSA) is 40.5 Å². The quantitative estimate of drug-likeness (QED) is 0.779. The average Bonchev–Trinajstić information content (AvgIpc) is 2.52. The highest BCUT2D eigenvalue weighted by molar-refractivity contribution is 9.11. The molecule has 0 aromatic rings. The molecular weight excluding hydrogens is 268 g/mol. The molecule has 2 aliphatic rings. The fourth-order valence-corrected chi connectivity index (χ4v) is 4.45. The Bertz CT molecular complexity index is 313. The molecule has 0 aliphatic heterocycles. The van der Waals surface area contributed by atoms with Crippen molar-refractivity contribution in [1.82, 2.24) is 0 Å². The zero-order chi connectivity index (χ0) is 12.0. The number of rotatable bonds is 1. The highest BCUT2D eigenvalue weighted by atomic mass is 79.9. The van der Waals surface area contributed by atoms with E-state index < -0.39 is 11.7 Å². The third kappa shape index (κ3) is 1.52. The molecule has 0 radical (unpaired) electrons. The van der Waals surface area contributed by atoms with Crippen molar-refractivity contribution in [2.45, 2.75) is 57.7 Å². The number of hydrogen-bond acceptors (Lipinski definition) is 2. The minimum atomic E-state index is -0.903. The lowest BCUT2D eigenvalue weighted by molar-refractivity contribution is -0.143. The van der Waals surface area contributed by atoms with Crippen LogP contribution in [0.1, 0.15) is 46.0 Å². The highest BCUT2D eigenvalue weighted by Gasteiger charge is 2.60. The molecule has 1 unspecified atom stereocenters. The van der Waals surface area contributed by atoms with Gasteiger partial charge in [0, 0.05) is 5.41 Å². The number of aliphatic hydroxyl groups is 2. The Morgan fingerprint density at radius 3 is 2.75 bits per heavy atom. The van der Waals surface area contributed by atoms with E-state index in [0.717, 1.165) is 32.1 Å². The Morgan fingerprint density at radius 1 is 1.50 bits per heavy atom. The fourth-order valence-electron chi connectivity index (χ4n) is 3.91. The first-order chi connectivity index (χ1) is 7.45. The van der Waals surface area contributed by atoms with Gasteiger partial charge in [0.15, 0.2) is 0 Å². The molecule has 92 valence electrons. The van der Waals surface area contributed by atoms with Crippen LogP contribution in [-0.2, 0) is 0 Å². The van der Waals surface area contributed by atoms with Gasteiger partial charge in [-0.15, -0.1) is 0 Å². The predicted molar refractivity (Wildman–Crippen MR) is 68.3 cm³/mol. The van der Waals surface area contributed by atoms with E-state index in [0.29, 0.717) is 5.92 Å². The summed E-state index contributed by atoms with van der Waals surface area (Å²) in [6, 6.07) is 0. The number of allylic oxidation sites excluding steroid dienone is 1. The van der Waals surface area contributed by atoms with Gasteiger partial charge in [0.2, 0.25) is 0 Å². The second-order valence-electron chi connectivity index (χ2n) is 5.65. The van der Waals surface area contributed by atoms with Crippen LogP contribution in [0.25, 0.3) is 0 Å². The van der Waals surface area contributed by atoms with Gasteiger partial charge in [-0.2, -0.15) is 0 Å². The van der Waals surface area contributed by atoms with Crippen LogP contribution in [-0.4, -0.2) is 21.9 Å². The second-order valence-corrected chi connectivity index (χ2v) is 6.10. The molecule has 2 fully saturated rings. The van der Waals surface area contributed by atoms with E-state index >= 15 is 0 Å². The van der Waals surface area contributed by atoms with Crippen molar-refractivity contribution < 1.29 is 10.2 Å². The van der Waals surface area contributed by atoms with Crippen molar-refractivity contribution in [3.05, 3.63) is 10.6 Å². The van der Waals surface area contributed by atoms with Crippen molar-refractivity contribution in [2.24, 2.45) is 11.3 Å². The summed E-state index contributed by atoms with van der Waals surface area (Å²) < 4.78 is 0. The Hall–Kier alpha value is 0.140. The van der Waals surface area contributed by atoms with E-state index in [9.17, 15) is 10.2 Å². The third-order valence-electron chi connectivity index (χ3n) is 5.01. The molecule has 3 heteroatoms. The van der Waals surface area contributed by atoms with E-state index in [1.54, 1.807) is 6.92 Å². The average molecular weight is 289 g/mol. The van der Waals surface area contributed by atoms with Gasteiger partial charge < -0.3 is 10.2 Å². The summed E-state index contributed by atoms with van der Waals surface area (Å²) in [5.41, 5.74) is 0.351. The molecule has 0 spiro atoms. The maximum Gasteiger partial charge on any atom is 0.0961 e. The standard InChI is InChI=1S/C13H21BrO2/c1-9(15)13(16)7-5-11-10(8-14)4-3-6-12(11,13)2/h8-9,11,15-16H,3-7H2,1-2H3/b10-8+/t9-,11?,12+,13+/m1/s1. The molecule has 0 saturated heterocycles. The highest BCUT2D eigenvalue weighted by Crippen LogP contribution is 2.60. The summed E-state index contributed by atoms with van der Waals surface area (Å²) in [7, 11) is 0. The molecule has 0 aromatic heterocycles. The zero-order valence-electron chi connectivity index (χ0n) is 10.0. The third-order valence-corrected chi connectivity index (χ3v) is 5.60. The summed E-state index contributed by atoms with van der Waals surface area (Å²) in [5, 5.41) is 20.6. The van der Waals surface area contributed by atoms with Crippen molar-refractivity contribution in [3.8, 4) is 0 Å². The Labute approximate surface area is 106 Å². The minimum absolute atomic E-state index is 0.154. The monoisotopic (exact) mass is 288 g/mol. The van der Waals surface area contributed by atoms with Crippen molar-refractivity contribution in [1.29, 1.82) is 0 Å². The summed E-state index contributed by atoms with van der Waals surface area (Å²) >= 11 is 3.44. The molecule has 0 heterocycles. The lowest BCUT2D eigenvalue weighted by Gasteiger charge is -2.48. The minimum Gasteiger partial charge on any atom is -0.390 e. The van der Waals surface area contributed by atoms with Gasteiger partial charge in [0.25, 0.3) is 0 Å². The van der Waals surface area contributed by atoms with Crippen LogP contribution in [0, 0.1) is 11.3 Å². The van der Waals surface area contributed by atoms with Gasteiger partial charge in [-0.25, -0.2) is 0 Å². The molecule has 0 bridgehead atoms. The first-order valence-electron chi connectivity index (χ1n) is 6.15. The number of aliphatic hydroxyl groups excluding tert-OH is 1. The molecule has 0 amide bonds. The van der Waals surface area contributed by atoms with Gasteiger partial charge in [-0.3, -0.25) is 0 Å². The predicted octanol–water partition coefficient (Wildman–Crippen LogP) is 2.98. The van der Waals surface area contributed by atoms with Gasteiger partial charge in [0.05, 0.1) is 11.7 Å². The summed E-state index contributed by atoms with van der Waals surface area (Å²) in [6.45, 7) is 3.87. The van der Waals surface area contributed by atoms with Crippen LogP contribution in [0.2, 0.25) is 0 Å². The normalized spacial score (nSPS) is 48.1. The van der Waals surface area contributed by atoms with Crippen LogP contribution in [0.4, 0.5) is 0 Å². The zero-order valence-corrected chi connectivity index (χ0v) is 11.6. The molecule has 4 atom stereocenters. The Kier molecular flexibility index (Phi) is 3.23. The van der Waals surface area contributed by atoms with Gasteiger partial charge in [-0.05, 0) is 49.9 Å². The van der Waals surface area contributed by atoms with Gasteiger partial charge in [-0.1, -0.05) is 28.4 Å². The molecule has 0 aromatic carbocycles. The molecule has 2 N–H and O–H groups in total. The lowest BCUT2D eigenvalue weighted by atomic mass is 9.61. The maximum atomic E-state index is 10.7. The molecule has 16 heavy (non-hydrogen) atoms. The summed E-state index contributed by atoms with van der Waals surface area (Å²) in [4.78, 5) is 2.03. The fraction of sp³-hybridized carbons (Fsp3) is 0.846. The summed E-state index contributed by atoms with van der Waals surface area (Å²) in [6.07, 6.45) is 4.33. The van der Waals surface area contributed by atoms with E-state index in [1.165, 1.54) is 5.57 Å². The van der Waals surface area contributed by atoms with Crippen LogP contribution < -0.4 is 0 Å².